The van der Waals surface area contributed by atoms with Crippen LogP contribution in [-0.2, 0) is 4.79 Å². The van der Waals surface area contributed by atoms with Gasteiger partial charge in [-0.2, -0.15) is 0 Å². The molecule has 2 aromatic rings. The van der Waals surface area contributed by atoms with Gasteiger partial charge in [-0.3, -0.25) is 15.0 Å². The summed E-state index contributed by atoms with van der Waals surface area (Å²) in [6.45, 7) is 6.17. The fraction of sp³-hybridized carbons (Fsp3) is 0.357. The molecule has 0 spiro atoms. The van der Waals surface area contributed by atoms with Crippen molar-refractivity contribution >= 4 is 22.4 Å². The van der Waals surface area contributed by atoms with Crippen molar-refractivity contribution in [3.63, 3.8) is 0 Å². The smallest absolute Gasteiger partial charge is 0.240 e. The Morgan fingerprint density at radius 1 is 1.20 bits per heavy atom. The molecular weight excluding hydrogens is 272 g/mol. The SMILES string of the molecule is CCN(CC)CC(=O)Nc1nnc(-c2ccccc2)s1. The number of hydrogen-bond donors (Lipinski definition) is 1. The lowest BCUT2D eigenvalue weighted by Crippen LogP contribution is -2.32. The molecule has 0 aliphatic rings. The average Bonchev–Trinajstić information content (AvgIpc) is 2.94. The number of nitrogens with one attached hydrogen (secondary N) is 1. The van der Waals surface area contributed by atoms with Crippen molar-refractivity contribution in [1.29, 1.82) is 0 Å². The molecule has 0 saturated heterocycles. The van der Waals surface area contributed by atoms with E-state index in [0.717, 1.165) is 23.7 Å². The van der Waals surface area contributed by atoms with Crippen LogP contribution < -0.4 is 5.32 Å². The number of hydrogen-bond acceptors (Lipinski definition) is 5. The first kappa shape index (κ1) is 14.6. The number of likely N-dealkylation sites (N-methyl/N-ethyl adjacent to an activating group) is 1. The van der Waals surface area contributed by atoms with Gasteiger partial charge in [0.05, 0.1) is 6.54 Å². The second-order valence-electron chi connectivity index (χ2n) is 4.29. The molecule has 1 amide bonds. The fourth-order valence-electron chi connectivity index (χ4n) is 1.78. The number of benzene rings is 1. The molecule has 0 aliphatic heterocycles. The Morgan fingerprint density at radius 2 is 1.90 bits per heavy atom. The number of carbonyl (C=O) groups excluding carboxylic acids is 1. The van der Waals surface area contributed by atoms with E-state index < -0.39 is 0 Å². The van der Waals surface area contributed by atoms with E-state index in [9.17, 15) is 4.79 Å². The van der Waals surface area contributed by atoms with E-state index in [2.05, 4.69) is 20.4 Å². The molecule has 0 aliphatic carbocycles. The predicted molar refractivity (Wildman–Crippen MR) is 81.8 cm³/mol. The molecule has 0 unspecified atom stereocenters. The van der Waals surface area contributed by atoms with Gasteiger partial charge in [0.15, 0.2) is 0 Å². The Bertz CT molecular complexity index is 551. The molecule has 0 fully saturated rings. The van der Waals surface area contributed by atoms with Crippen LogP contribution in [0.3, 0.4) is 0 Å². The maximum atomic E-state index is 11.9. The summed E-state index contributed by atoms with van der Waals surface area (Å²) in [6.07, 6.45) is 0. The number of amides is 1. The van der Waals surface area contributed by atoms with Crippen molar-refractivity contribution in [3.05, 3.63) is 30.3 Å². The predicted octanol–water partition coefficient (Wildman–Crippen LogP) is 2.49. The first-order chi connectivity index (χ1) is 9.72. The van der Waals surface area contributed by atoms with Crippen LogP contribution in [0, 0.1) is 0 Å². The van der Waals surface area contributed by atoms with Crippen LogP contribution in [0.25, 0.3) is 10.6 Å². The van der Waals surface area contributed by atoms with E-state index in [0.29, 0.717) is 11.7 Å². The van der Waals surface area contributed by atoms with Gasteiger partial charge in [0.2, 0.25) is 11.0 Å². The Kier molecular flexibility index (Phi) is 5.20. The van der Waals surface area contributed by atoms with Gasteiger partial charge in [-0.1, -0.05) is 55.5 Å². The summed E-state index contributed by atoms with van der Waals surface area (Å²) in [5.41, 5.74) is 1.01. The highest BCUT2D eigenvalue weighted by Gasteiger charge is 2.11. The third-order valence-electron chi connectivity index (χ3n) is 2.95. The zero-order valence-corrected chi connectivity index (χ0v) is 12.5. The normalized spacial score (nSPS) is 10.8. The minimum atomic E-state index is -0.0514. The summed E-state index contributed by atoms with van der Waals surface area (Å²) in [6, 6.07) is 9.81. The summed E-state index contributed by atoms with van der Waals surface area (Å²) >= 11 is 1.38. The van der Waals surface area contributed by atoms with Crippen LogP contribution in [0.5, 0.6) is 0 Å². The van der Waals surface area contributed by atoms with Gasteiger partial charge in [-0.05, 0) is 13.1 Å². The average molecular weight is 290 g/mol. The van der Waals surface area contributed by atoms with Crippen molar-refractivity contribution < 1.29 is 4.79 Å². The van der Waals surface area contributed by atoms with Gasteiger partial charge < -0.3 is 0 Å². The first-order valence-corrected chi connectivity index (χ1v) is 7.45. The highest BCUT2D eigenvalue weighted by molar-refractivity contribution is 7.18. The molecule has 1 heterocycles. The lowest BCUT2D eigenvalue weighted by Gasteiger charge is -2.16. The van der Waals surface area contributed by atoms with Crippen LogP contribution in [0.4, 0.5) is 5.13 Å². The standard InChI is InChI=1S/C14H18N4OS/c1-3-18(4-2)10-12(19)15-14-17-16-13(20-14)11-8-6-5-7-9-11/h5-9H,3-4,10H2,1-2H3,(H,15,17,19). The van der Waals surface area contributed by atoms with Gasteiger partial charge in [-0.15, -0.1) is 10.2 Å². The van der Waals surface area contributed by atoms with Crippen molar-refractivity contribution in [2.45, 2.75) is 13.8 Å². The molecule has 5 nitrogen and oxygen atoms in total. The second-order valence-corrected chi connectivity index (χ2v) is 5.27. The van der Waals surface area contributed by atoms with E-state index >= 15 is 0 Å². The molecule has 6 heteroatoms. The molecule has 1 aromatic heterocycles. The molecular formula is C14H18N4OS. The van der Waals surface area contributed by atoms with Gasteiger partial charge in [0, 0.05) is 5.56 Å². The van der Waals surface area contributed by atoms with Gasteiger partial charge in [0.25, 0.3) is 0 Å². The molecule has 2 rings (SSSR count). The summed E-state index contributed by atoms with van der Waals surface area (Å²) < 4.78 is 0. The molecule has 1 N–H and O–H groups in total. The van der Waals surface area contributed by atoms with Crippen LogP contribution in [-0.4, -0.2) is 40.6 Å². The summed E-state index contributed by atoms with van der Waals surface area (Å²) in [4.78, 5) is 13.9. The van der Waals surface area contributed by atoms with E-state index in [1.807, 2.05) is 44.2 Å². The Morgan fingerprint density at radius 3 is 2.55 bits per heavy atom. The number of rotatable bonds is 6. The Labute approximate surface area is 122 Å². The summed E-state index contributed by atoms with van der Waals surface area (Å²) in [5.74, 6) is -0.0514. The second kappa shape index (κ2) is 7.12. The van der Waals surface area contributed by atoms with Crippen LogP contribution in [0.2, 0.25) is 0 Å². The molecule has 0 atom stereocenters. The number of aromatic nitrogens is 2. The molecule has 0 bridgehead atoms. The monoisotopic (exact) mass is 290 g/mol. The Hall–Kier alpha value is -1.79. The molecule has 1 aromatic carbocycles. The van der Waals surface area contributed by atoms with Gasteiger partial charge >= 0.3 is 0 Å². The molecule has 106 valence electrons. The zero-order valence-electron chi connectivity index (χ0n) is 11.7. The maximum Gasteiger partial charge on any atom is 0.240 e. The zero-order chi connectivity index (χ0) is 14.4. The lowest BCUT2D eigenvalue weighted by atomic mass is 10.2. The number of carbonyl (C=O) groups is 1. The summed E-state index contributed by atoms with van der Waals surface area (Å²) in [7, 11) is 0. The van der Waals surface area contributed by atoms with Gasteiger partial charge in [-0.25, -0.2) is 0 Å². The Balaban J connectivity index is 1.98. The van der Waals surface area contributed by atoms with Crippen molar-refractivity contribution in [2.75, 3.05) is 25.0 Å². The molecule has 20 heavy (non-hydrogen) atoms. The maximum absolute atomic E-state index is 11.9. The minimum Gasteiger partial charge on any atom is -0.299 e. The van der Waals surface area contributed by atoms with E-state index in [4.69, 9.17) is 0 Å². The third kappa shape index (κ3) is 3.85. The fourth-order valence-corrected chi connectivity index (χ4v) is 2.55. The highest BCUT2D eigenvalue weighted by Crippen LogP contribution is 2.25. The highest BCUT2D eigenvalue weighted by atomic mass is 32.1. The van der Waals surface area contributed by atoms with E-state index in [-0.39, 0.29) is 5.91 Å². The lowest BCUT2D eigenvalue weighted by molar-refractivity contribution is -0.117. The third-order valence-corrected chi connectivity index (χ3v) is 3.84. The van der Waals surface area contributed by atoms with E-state index in [1.165, 1.54) is 11.3 Å². The summed E-state index contributed by atoms with van der Waals surface area (Å²) in [5, 5.41) is 12.3. The van der Waals surface area contributed by atoms with Crippen molar-refractivity contribution in [3.8, 4) is 10.6 Å². The quantitative estimate of drug-likeness (QED) is 0.888. The van der Waals surface area contributed by atoms with Crippen LogP contribution in [0.15, 0.2) is 30.3 Å². The number of nitrogens with zero attached hydrogens (tertiary/aromatic N) is 3. The largest absolute Gasteiger partial charge is 0.299 e. The topological polar surface area (TPSA) is 58.1 Å². The van der Waals surface area contributed by atoms with Crippen molar-refractivity contribution in [1.82, 2.24) is 15.1 Å². The number of anilines is 1. The molecule has 0 radical (unpaired) electrons. The van der Waals surface area contributed by atoms with Crippen molar-refractivity contribution in [2.24, 2.45) is 0 Å². The minimum absolute atomic E-state index is 0.0514. The first-order valence-electron chi connectivity index (χ1n) is 6.64. The molecule has 0 saturated carbocycles. The van der Waals surface area contributed by atoms with Gasteiger partial charge in [0.1, 0.15) is 5.01 Å². The van der Waals surface area contributed by atoms with E-state index in [1.54, 1.807) is 0 Å². The van der Waals surface area contributed by atoms with Crippen LogP contribution >= 0.6 is 11.3 Å². The van der Waals surface area contributed by atoms with Crippen LogP contribution in [0.1, 0.15) is 13.8 Å².